The molecule has 0 N–H and O–H groups in total. The third kappa shape index (κ3) is 2.20. The van der Waals surface area contributed by atoms with Crippen molar-refractivity contribution in [3.05, 3.63) is 35.9 Å². The molecule has 3 nitrogen and oxygen atoms in total. The van der Waals surface area contributed by atoms with Crippen molar-refractivity contribution in [3.8, 4) is 0 Å². The van der Waals surface area contributed by atoms with Crippen molar-refractivity contribution in [2.24, 2.45) is 5.92 Å². The Morgan fingerprint density at radius 3 is 2.53 bits per heavy atom. The molecule has 0 radical (unpaired) electrons. The van der Waals surface area contributed by atoms with Crippen LogP contribution in [0.15, 0.2) is 30.3 Å². The van der Waals surface area contributed by atoms with Crippen LogP contribution in [-0.4, -0.2) is 31.0 Å². The fraction of sp³-hybridized carbons (Fsp3) is 0.500. The molecule has 2 unspecified atom stereocenters. The summed E-state index contributed by atoms with van der Waals surface area (Å²) in [6.45, 7) is 5.33. The van der Waals surface area contributed by atoms with Gasteiger partial charge in [-0.15, -0.1) is 0 Å². The minimum absolute atomic E-state index is 0.212. The molecule has 1 aliphatic heterocycles. The van der Waals surface area contributed by atoms with Gasteiger partial charge in [-0.1, -0.05) is 37.3 Å². The highest BCUT2D eigenvalue weighted by atomic mass is 16.6. The highest BCUT2D eigenvalue weighted by Gasteiger charge is 2.47. The first-order valence-corrected chi connectivity index (χ1v) is 5.98. The van der Waals surface area contributed by atoms with Gasteiger partial charge in [0.05, 0.1) is 0 Å². The number of nitrogens with zero attached hydrogens (tertiary/aromatic N) is 1. The standard InChI is InChI=1S/C14H19NO2/c1-11-9-15(3)10-14(11,17-12(2)16)13-7-5-4-6-8-13/h4-8,11H,9-10H2,1-3H3. The molecule has 0 spiro atoms. The summed E-state index contributed by atoms with van der Waals surface area (Å²) in [5.41, 5.74) is 0.606. The van der Waals surface area contributed by atoms with E-state index in [1.54, 1.807) is 0 Å². The Bertz CT molecular complexity index is 404. The summed E-state index contributed by atoms with van der Waals surface area (Å²) in [7, 11) is 2.06. The van der Waals surface area contributed by atoms with Crippen LogP contribution >= 0.6 is 0 Å². The molecule has 1 saturated heterocycles. The molecular formula is C14H19NO2. The van der Waals surface area contributed by atoms with E-state index in [2.05, 4.69) is 18.9 Å². The number of ether oxygens (including phenoxy) is 1. The molecular weight excluding hydrogens is 214 g/mol. The van der Waals surface area contributed by atoms with E-state index in [4.69, 9.17) is 4.74 Å². The van der Waals surface area contributed by atoms with E-state index in [0.717, 1.165) is 18.7 Å². The molecule has 2 atom stereocenters. The second-order valence-corrected chi connectivity index (χ2v) is 4.95. The Labute approximate surface area is 102 Å². The molecule has 0 bridgehead atoms. The van der Waals surface area contributed by atoms with Crippen molar-refractivity contribution in [2.75, 3.05) is 20.1 Å². The van der Waals surface area contributed by atoms with Gasteiger partial charge in [-0.2, -0.15) is 0 Å². The highest BCUT2D eigenvalue weighted by Crippen LogP contribution is 2.39. The van der Waals surface area contributed by atoms with E-state index in [0.29, 0.717) is 5.92 Å². The van der Waals surface area contributed by atoms with E-state index in [9.17, 15) is 4.79 Å². The zero-order valence-corrected chi connectivity index (χ0v) is 10.6. The monoisotopic (exact) mass is 233 g/mol. The molecule has 1 aliphatic rings. The summed E-state index contributed by atoms with van der Waals surface area (Å²) in [6.07, 6.45) is 0. The number of rotatable bonds is 2. The molecule has 0 aromatic heterocycles. The molecule has 1 aromatic rings. The Kier molecular flexibility index (Phi) is 3.20. The summed E-state index contributed by atoms with van der Waals surface area (Å²) < 4.78 is 5.69. The summed E-state index contributed by atoms with van der Waals surface area (Å²) in [5.74, 6) is 0.0924. The average molecular weight is 233 g/mol. The number of hydrogen-bond donors (Lipinski definition) is 0. The fourth-order valence-corrected chi connectivity index (χ4v) is 2.78. The van der Waals surface area contributed by atoms with Crippen molar-refractivity contribution in [1.29, 1.82) is 0 Å². The first-order valence-electron chi connectivity index (χ1n) is 5.98. The maximum Gasteiger partial charge on any atom is 0.303 e. The summed E-state index contributed by atoms with van der Waals surface area (Å²) in [5, 5.41) is 0. The van der Waals surface area contributed by atoms with Gasteiger partial charge in [0.25, 0.3) is 0 Å². The Morgan fingerprint density at radius 2 is 2.06 bits per heavy atom. The third-order valence-corrected chi connectivity index (χ3v) is 3.47. The van der Waals surface area contributed by atoms with Crippen LogP contribution in [0.25, 0.3) is 0 Å². The second-order valence-electron chi connectivity index (χ2n) is 4.95. The van der Waals surface area contributed by atoms with Gasteiger partial charge in [0, 0.05) is 25.9 Å². The molecule has 2 rings (SSSR count). The van der Waals surface area contributed by atoms with Crippen molar-refractivity contribution in [2.45, 2.75) is 19.4 Å². The Morgan fingerprint density at radius 1 is 1.41 bits per heavy atom. The molecule has 1 fully saturated rings. The number of carbonyl (C=O) groups is 1. The van der Waals surface area contributed by atoms with Gasteiger partial charge in [0.15, 0.2) is 5.60 Å². The van der Waals surface area contributed by atoms with Gasteiger partial charge >= 0.3 is 5.97 Å². The minimum Gasteiger partial charge on any atom is -0.453 e. The first kappa shape index (κ1) is 12.1. The van der Waals surface area contributed by atoms with Crippen LogP contribution in [0, 0.1) is 5.92 Å². The molecule has 92 valence electrons. The lowest BCUT2D eigenvalue weighted by Crippen LogP contribution is -2.38. The van der Waals surface area contributed by atoms with E-state index >= 15 is 0 Å². The van der Waals surface area contributed by atoms with Crippen LogP contribution in [0.3, 0.4) is 0 Å². The van der Waals surface area contributed by atoms with Crippen LogP contribution in [-0.2, 0) is 15.1 Å². The van der Waals surface area contributed by atoms with Gasteiger partial charge in [-0.25, -0.2) is 0 Å². The zero-order chi connectivity index (χ0) is 12.5. The lowest BCUT2D eigenvalue weighted by atomic mass is 9.85. The van der Waals surface area contributed by atoms with Crippen LogP contribution < -0.4 is 0 Å². The normalized spacial score (nSPS) is 29.2. The summed E-state index contributed by atoms with van der Waals surface area (Å²) in [6, 6.07) is 10.0. The molecule has 0 amide bonds. The lowest BCUT2D eigenvalue weighted by Gasteiger charge is -2.33. The van der Waals surface area contributed by atoms with Crippen molar-refractivity contribution < 1.29 is 9.53 Å². The van der Waals surface area contributed by atoms with Gasteiger partial charge < -0.3 is 9.64 Å². The van der Waals surface area contributed by atoms with Crippen molar-refractivity contribution in [1.82, 2.24) is 4.90 Å². The van der Waals surface area contributed by atoms with Gasteiger partial charge in [0.1, 0.15) is 0 Å². The molecule has 1 heterocycles. The smallest absolute Gasteiger partial charge is 0.303 e. The fourth-order valence-electron chi connectivity index (χ4n) is 2.78. The van der Waals surface area contributed by atoms with E-state index in [-0.39, 0.29) is 5.97 Å². The Hall–Kier alpha value is -1.35. The van der Waals surface area contributed by atoms with Crippen LogP contribution in [0.4, 0.5) is 0 Å². The molecule has 0 saturated carbocycles. The van der Waals surface area contributed by atoms with Gasteiger partial charge in [-0.3, -0.25) is 4.79 Å². The zero-order valence-electron chi connectivity index (χ0n) is 10.6. The van der Waals surface area contributed by atoms with Gasteiger partial charge in [-0.05, 0) is 12.6 Å². The van der Waals surface area contributed by atoms with Crippen LogP contribution in [0.5, 0.6) is 0 Å². The summed E-state index contributed by atoms with van der Waals surface area (Å²) >= 11 is 0. The lowest BCUT2D eigenvalue weighted by molar-refractivity contribution is -0.160. The first-order chi connectivity index (χ1) is 8.04. The molecule has 1 aromatic carbocycles. The Balaban J connectivity index is 2.41. The number of likely N-dealkylation sites (tertiary alicyclic amines) is 1. The van der Waals surface area contributed by atoms with E-state index < -0.39 is 5.60 Å². The average Bonchev–Trinajstić information content (AvgIpc) is 2.55. The predicted molar refractivity (Wildman–Crippen MR) is 66.5 cm³/mol. The van der Waals surface area contributed by atoms with Crippen molar-refractivity contribution in [3.63, 3.8) is 0 Å². The number of likely N-dealkylation sites (N-methyl/N-ethyl adjacent to an activating group) is 1. The minimum atomic E-state index is -0.484. The van der Waals surface area contributed by atoms with E-state index in [1.807, 2.05) is 30.3 Å². The van der Waals surface area contributed by atoms with E-state index in [1.165, 1.54) is 6.92 Å². The maximum atomic E-state index is 11.4. The predicted octanol–water partition coefficient (Wildman–Crippen LogP) is 2.03. The number of carbonyl (C=O) groups excluding carboxylic acids is 1. The van der Waals surface area contributed by atoms with Crippen LogP contribution in [0.2, 0.25) is 0 Å². The van der Waals surface area contributed by atoms with Crippen LogP contribution in [0.1, 0.15) is 19.4 Å². The highest BCUT2D eigenvalue weighted by molar-refractivity contribution is 5.67. The largest absolute Gasteiger partial charge is 0.453 e. The quantitative estimate of drug-likeness (QED) is 0.732. The number of esters is 1. The number of hydrogen-bond acceptors (Lipinski definition) is 3. The molecule has 17 heavy (non-hydrogen) atoms. The molecule has 0 aliphatic carbocycles. The topological polar surface area (TPSA) is 29.5 Å². The SMILES string of the molecule is CC(=O)OC1(c2ccccc2)CN(C)CC1C. The second kappa shape index (κ2) is 4.49. The van der Waals surface area contributed by atoms with Crippen molar-refractivity contribution >= 4 is 5.97 Å². The molecule has 3 heteroatoms. The van der Waals surface area contributed by atoms with Gasteiger partial charge in [0.2, 0.25) is 0 Å². The maximum absolute atomic E-state index is 11.4. The third-order valence-electron chi connectivity index (χ3n) is 3.47. The number of benzene rings is 1. The summed E-state index contributed by atoms with van der Waals surface area (Å²) in [4.78, 5) is 13.6.